The number of primary amides is 1. The Kier molecular flexibility index (Phi) is 8.47. The Labute approximate surface area is 230 Å². The molecule has 3 aromatic rings. The van der Waals surface area contributed by atoms with E-state index >= 15 is 0 Å². The van der Waals surface area contributed by atoms with Gasteiger partial charge in [0.25, 0.3) is 0 Å². The number of rotatable bonds is 8. The Morgan fingerprint density at radius 3 is 2.27 bits per heavy atom. The summed E-state index contributed by atoms with van der Waals surface area (Å²) in [5.41, 5.74) is 6.33. The lowest BCUT2D eigenvalue weighted by molar-refractivity contribution is -0.119. The van der Waals surface area contributed by atoms with E-state index < -0.39 is 22.0 Å². The molecule has 0 unspecified atom stereocenters. The number of hydrogen-bond acceptors (Lipinski definition) is 7. The highest BCUT2D eigenvalue weighted by atomic mass is 35.5. The van der Waals surface area contributed by atoms with Crippen LogP contribution in [0.1, 0.15) is 19.7 Å². The van der Waals surface area contributed by atoms with Crippen molar-refractivity contribution in [2.75, 3.05) is 31.5 Å². The van der Waals surface area contributed by atoms with Crippen LogP contribution in [0.3, 0.4) is 0 Å². The van der Waals surface area contributed by atoms with E-state index in [-0.39, 0.29) is 39.0 Å². The lowest BCUT2D eigenvalue weighted by Crippen LogP contribution is -2.48. The highest BCUT2D eigenvalue weighted by molar-refractivity contribution is 7.89. The van der Waals surface area contributed by atoms with E-state index in [4.69, 9.17) is 45.5 Å². The third-order valence-corrected chi connectivity index (χ3v) is 9.21. The SMILES string of the molecule is CC(C)[C@H](Nc1nc(CN2CCN(S(=O)(=O)c3c(Cl)cc(Cl)cc3Cl)CC2)nc2ccccc12)C(N)=O. The monoisotopic (exact) mass is 584 g/mol. The maximum absolute atomic E-state index is 13.2. The average Bonchev–Trinajstić information content (AvgIpc) is 2.81. The van der Waals surface area contributed by atoms with E-state index in [9.17, 15) is 13.2 Å². The summed E-state index contributed by atoms with van der Waals surface area (Å²) >= 11 is 18.3. The number of carbonyl (C=O) groups excluding carboxylic acids is 1. The van der Waals surface area contributed by atoms with Gasteiger partial charge in [0.2, 0.25) is 15.9 Å². The molecule has 0 saturated carbocycles. The number of nitrogens with two attached hydrogens (primary N) is 1. The highest BCUT2D eigenvalue weighted by Crippen LogP contribution is 2.35. The summed E-state index contributed by atoms with van der Waals surface area (Å²) in [6.07, 6.45) is 0. The van der Waals surface area contributed by atoms with Gasteiger partial charge >= 0.3 is 0 Å². The molecule has 0 aliphatic carbocycles. The van der Waals surface area contributed by atoms with Crippen molar-refractivity contribution in [3.8, 4) is 0 Å². The minimum Gasteiger partial charge on any atom is -0.368 e. The molecule has 0 spiro atoms. The Morgan fingerprint density at radius 1 is 1.05 bits per heavy atom. The molecule has 1 aliphatic heterocycles. The fourth-order valence-electron chi connectivity index (χ4n) is 4.25. The summed E-state index contributed by atoms with van der Waals surface area (Å²) in [4.78, 5) is 23.3. The third kappa shape index (κ3) is 6.10. The second-order valence-corrected chi connectivity index (χ2v) is 12.3. The summed E-state index contributed by atoms with van der Waals surface area (Å²) in [6.45, 7) is 5.61. The smallest absolute Gasteiger partial charge is 0.246 e. The second kappa shape index (κ2) is 11.3. The van der Waals surface area contributed by atoms with E-state index in [0.29, 0.717) is 31.3 Å². The predicted octanol–water partition coefficient (Wildman–Crippen LogP) is 4.02. The highest BCUT2D eigenvalue weighted by Gasteiger charge is 2.32. The van der Waals surface area contributed by atoms with Crippen molar-refractivity contribution < 1.29 is 13.2 Å². The molecular formula is C24H27Cl3N6O3S. The lowest BCUT2D eigenvalue weighted by atomic mass is 10.0. The van der Waals surface area contributed by atoms with E-state index in [1.54, 1.807) is 0 Å². The fraction of sp³-hybridized carbons (Fsp3) is 0.375. The molecule has 1 amide bonds. The van der Waals surface area contributed by atoms with Crippen molar-refractivity contribution >= 4 is 67.5 Å². The number of piperazine rings is 1. The molecular weight excluding hydrogens is 559 g/mol. The van der Waals surface area contributed by atoms with Crippen LogP contribution in [0.25, 0.3) is 10.9 Å². The van der Waals surface area contributed by atoms with Crippen LogP contribution in [0.2, 0.25) is 15.1 Å². The Balaban J connectivity index is 1.52. The van der Waals surface area contributed by atoms with Gasteiger partial charge in [0.05, 0.1) is 22.1 Å². The van der Waals surface area contributed by atoms with E-state index in [2.05, 4.69) is 15.2 Å². The number of aromatic nitrogens is 2. The van der Waals surface area contributed by atoms with Gasteiger partial charge in [-0.05, 0) is 30.2 Å². The van der Waals surface area contributed by atoms with Gasteiger partial charge in [-0.25, -0.2) is 18.4 Å². The molecule has 1 aliphatic rings. The van der Waals surface area contributed by atoms with E-state index in [1.807, 2.05) is 38.1 Å². The van der Waals surface area contributed by atoms with Crippen molar-refractivity contribution in [2.24, 2.45) is 11.7 Å². The molecule has 1 fully saturated rings. The van der Waals surface area contributed by atoms with Crippen LogP contribution in [0.4, 0.5) is 5.82 Å². The van der Waals surface area contributed by atoms with Crippen LogP contribution in [0.5, 0.6) is 0 Å². The summed E-state index contributed by atoms with van der Waals surface area (Å²) < 4.78 is 27.8. The quantitative estimate of drug-likeness (QED) is 0.410. The number of amides is 1. The first kappa shape index (κ1) is 27.8. The average molecular weight is 586 g/mol. The van der Waals surface area contributed by atoms with Crippen molar-refractivity contribution in [1.82, 2.24) is 19.2 Å². The first-order valence-electron chi connectivity index (χ1n) is 11.7. The lowest BCUT2D eigenvalue weighted by Gasteiger charge is -2.34. The predicted molar refractivity (Wildman–Crippen MR) is 146 cm³/mol. The minimum atomic E-state index is -3.90. The van der Waals surface area contributed by atoms with Crippen LogP contribution < -0.4 is 11.1 Å². The first-order chi connectivity index (χ1) is 17.5. The number of anilines is 1. The molecule has 0 radical (unpaired) electrons. The molecule has 9 nitrogen and oxygen atoms in total. The van der Waals surface area contributed by atoms with Crippen molar-refractivity contribution in [2.45, 2.75) is 31.3 Å². The molecule has 1 aromatic heterocycles. The zero-order chi connectivity index (χ0) is 26.9. The maximum atomic E-state index is 13.2. The molecule has 1 saturated heterocycles. The van der Waals surface area contributed by atoms with Gasteiger partial charge in [0.15, 0.2) is 0 Å². The second-order valence-electron chi connectivity index (χ2n) is 9.15. The van der Waals surface area contributed by atoms with Crippen LogP contribution >= 0.6 is 34.8 Å². The molecule has 0 bridgehead atoms. The number of nitrogens with one attached hydrogen (secondary N) is 1. The number of halogens is 3. The summed E-state index contributed by atoms with van der Waals surface area (Å²) in [6, 6.07) is 9.66. The third-order valence-electron chi connectivity index (χ3n) is 6.17. The molecule has 13 heteroatoms. The Morgan fingerprint density at radius 2 is 1.68 bits per heavy atom. The van der Waals surface area contributed by atoms with Gasteiger partial charge in [0, 0.05) is 36.6 Å². The standard InChI is InChI=1S/C24H27Cl3N6O3S/c1-14(2)21(23(28)34)31-24-16-5-3-4-6-19(16)29-20(30-24)13-32-7-9-33(10-8-32)37(35,36)22-17(26)11-15(25)12-18(22)27/h3-6,11-12,14,21H,7-10,13H2,1-2H3,(H2,28,34)(H,29,30,31)/t21-/m0/s1. The number of para-hydroxylation sites is 1. The molecule has 37 heavy (non-hydrogen) atoms. The van der Waals surface area contributed by atoms with Crippen LogP contribution in [0, 0.1) is 5.92 Å². The zero-order valence-corrected chi connectivity index (χ0v) is 23.4. The fourth-order valence-corrected chi connectivity index (χ4v) is 7.17. The molecule has 3 N–H and O–H groups in total. The van der Waals surface area contributed by atoms with Crippen LogP contribution in [-0.4, -0.2) is 65.7 Å². The largest absolute Gasteiger partial charge is 0.368 e. The van der Waals surface area contributed by atoms with Crippen molar-refractivity contribution in [3.63, 3.8) is 0 Å². The van der Waals surface area contributed by atoms with Crippen molar-refractivity contribution in [1.29, 1.82) is 0 Å². The Bertz CT molecular complexity index is 1410. The summed E-state index contributed by atoms with van der Waals surface area (Å²) in [5.74, 6) is 0.587. The number of sulfonamides is 1. The van der Waals surface area contributed by atoms with Gasteiger partial charge in [-0.15, -0.1) is 0 Å². The van der Waals surface area contributed by atoms with Gasteiger partial charge in [0.1, 0.15) is 22.6 Å². The minimum absolute atomic E-state index is 0.0137. The number of benzene rings is 2. The van der Waals surface area contributed by atoms with Gasteiger partial charge in [-0.3, -0.25) is 9.69 Å². The number of fused-ring (bicyclic) bond motifs is 1. The molecule has 1 atom stereocenters. The van der Waals surface area contributed by atoms with Crippen molar-refractivity contribution in [3.05, 3.63) is 57.3 Å². The normalized spacial score (nSPS) is 16.3. The molecule has 2 heterocycles. The molecule has 2 aromatic carbocycles. The van der Waals surface area contributed by atoms with Crippen LogP contribution in [-0.2, 0) is 21.4 Å². The molecule has 198 valence electrons. The van der Waals surface area contributed by atoms with Gasteiger partial charge in [-0.1, -0.05) is 60.8 Å². The van der Waals surface area contributed by atoms with Gasteiger partial charge < -0.3 is 11.1 Å². The Hall–Kier alpha value is -2.21. The number of nitrogens with zero attached hydrogens (tertiary/aromatic N) is 4. The maximum Gasteiger partial charge on any atom is 0.246 e. The summed E-state index contributed by atoms with van der Waals surface area (Å²) in [7, 11) is -3.90. The number of carbonyl (C=O) groups is 1. The molecule has 4 rings (SSSR count). The topological polar surface area (TPSA) is 122 Å². The zero-order valence-electron chi connectivity index (χ0n) is 20.3. The van der Waals surface area contributed by atoms with Gasteiger partial charge in [-0.2, -0.15) is 4.31 Å². The first-order valence-corrected chi connectivity index (χ1v) is 14.2. The van der Waals surface area contributed by atoms with E-state index in [1.165, 1.54) is 16.4 Å². The number of hydrogen-bond donors (Lipinski definition) is 2. The summed E-state index contributed by atoms with van der Waals surface area (Å²) in [5, 5.41) is 4.21. The van der Waals surface area contributed by atoms with E-state index in [0.717, 1.165) is 10.9 Å². The van der Waals surface area contributed by atoms with Crippen LogP contribution in [0.15, 0.2) is 41.3 Å².